The summed E-state index contributed by atoms with van der Waals surface area (Å²) in [4.78, 5) is 0. The Bertz CT molecular complexity index is 1130. The summed E-state index contributed by atoms with van der Waals surface area (Å²) in [5, 5.41) is 17.8. The molecule has 3 aromatic rings. The quantitative estimate of drug-likeness (QED) is 0.408. The summed E-state index contributed by atoms with van der Waals surface area (Å²) in [5.74, 6) is 0.971. The Morgan fingerprint density at radius 3 is 2.56 bits per heavy atom. The van der Waals surface area contributed by atoms with Gasteiger partial charge in [0.05, 0.1) is 24.2 Å². The van der Waals surface area contributed by atoms with Crippen molar-refractivity contribution in [1.29, 1.82) is 0 Å². The highest BCUT2D eigenvalue weighted by Gasteiger charge is 2.27. The molecule has 0 aromatic heterocycles. The molecule has 166 valence electrons. The van der Waals surface area contributed by atoms with Crippen molar-refractivity contribution in [2.45, 2.75) is 19.1 Å². The van der Waals surface area contributed by atoms with Gasteiger partial charge in [0.15, 0.2) is 11.5 Å². The molecule has 7 heteroatoms. The van der Waals surface area contributed by atoms with E-state index in [0.29, 0.717) is 22.4 Å². The summed E-state index contributed by atoms with van der Waals surface area (Å²) >= 11 is 3.27. The minimum atomic E-state index is -0.325. The molecule has 5 nitrogen and oxygen atoms in total. The number of ether oxygens (including phenoxy) is 2. The maximum absolute atomic E-state index is 13.8. The predicted molar refractivity (Wildman–Crippen MR) is 126 cm³/mol. The van der Waals surface area contributed by atoms with Gasteiger partial charge in [-0.2, -0.15) is 0 Å². The molecule has 32 heavy (non-hydrogen) atoms. The van der Waals surface area contributed by atoms with Crippen LogP contribution in [0, 0.1) is 5.82 Å². The van der Waals surface area contributed by atoms with Gasteiger partial charge in [0, 0.05) is 11.3 Å². The van der Waals surface area contributed by atoms with Crippen LogP contribution in [0.15, 0.2) is 71.2 Å². The lowest BCUT2D eigenvalue weighted by Gasteiger charge is -2.33. The van der Waals surface area contributed by atoms with E-state index in [4.69, 9.17) is 9.47 Å². The first kappa shape index (κ1) is 22.2. The number of para-hydroxylation sites is 1. The Morgan fingerprint density at radius 1 is 1.09 bits per heavy atom. The number of aromatic hydroxyl groups is 1. The molecule has 1 aliphatic rings. The number of phenols is 1. The second-order valence-corrected chi connectivity index (χ2v) is 8.19. The van der Waals surface area contributed by atoms with Crippen LogP contribution < -0.4 is 20.1 Å². The van der Waals surface area contributed by atoms with Crippen LogP contribution in [-0.2, 0) is 0 Å². The summed E-state index contributed by atoms with van der Waals surface area (Å²) in [6.45, 7) is 2.33. The van der Waals surface area contributed by atoms with Gasteiger partial charge in [-0.3, -0.25) is 5.32 Å². The molecule has 0 aliphatic carbocycles. The fourth-order valence-corrected chi connectivity index (χ4v) is 4.10. The fraction of sp³-hybridized carbons (Fsp3) is 0.200. The highest BCUT2D eigenvalue weighted by Crippen LogP contribution is 2.38. The van der Waals surface area contributed by atoms with Crippen LogP contribution in [0.1, 0.15) is 35.8 Å². The first-order valence-corrected chi connectivity index (χ1v) is 11.1. The summed E-state index contributed by atoms with van der Waals surface area (Å²) in [6, 6.07) is 17.8. The van der Waals surface area contributed by atoms with Crippen LogP contribution in [0.2, 0.25) is 0 Å². The summed E-state index contributed by atoms with van der Waals surface area (Å²) < 4.78 is 25.1. The highest BCUT2D eigenvalue weighted by molar-refractivity contribution is 9.10. The van der Waals surface area contributed by atoms with Crippen molar-refractivity contribution in [1.82, 2.24) is 10.6 Å². The molecule has 0 saturated heterocycles. The third kappa shape index (κ3) is 4.59. The number of methoxy groups -OCH3 is 1. The molecule has 0 bridgehead atoms. The zero-order valence-corrected chi connectivity index (χ0v) is 19.3. The lowest BCUT2D eigenvalue weighted by molar-refractivity contribution is 0.314. The van der Waals surface area contributed by atoms with Gasteiger partial charge in [-0.15, -0.1) is 0 Å². The first-order valence-electron chi connectivity index (χ1n) is 10.3. The standard InChI is InChI=1S/C25H24BrFN2O3/c1-3-32-23-6-4-5-18(24(23)30)22-14-21(15-7-10-17(31-2)11-8-15)28-25(29-22)16-9-12-20(27)19(26)13-16/h4-14,22,25,28-30H,3H2,1-2H3. The summed E-state index contributed by atoms with van der Waals surface area (Å²) in [7, 11) is 1.63. The molecule has 2 atom stereocenters. The molecule has 0 amide bonds. The third-order valence-corrected chi connectivity index (χ3v) is 5.93. The smallest absolute Gasteiger partial charge is 0.162 e. The van der Waals surface area contributed by atoms with E-state index in [1.807, 2.05) is 49.4 Å². The second-order valence-electron chi connectivity index (χ2n) is 7.33. The van der Waals surface area contributed by atoms with Crippen LogP contribution in [0.4, 0.5) is 4.39 Å². The third-order valence-electron chi connectivity index (χ3n) is 5.32. The largest absolute Gasteiger partial charge is 0.504 e. The molecule has 0 radical (unpaired) electrons. The molecule has 0 saturated carbocycles. The van der Waals surface area contributed by atoms with E-state index >= 15 is 0 Å². The first-order chi connectivity index (χ1) is 15.5. The van der Waals surface area contributed by atoms with Crippen LogP contribution in [0.3, 0.4) is 0 Å². The maximum Gasteiger partial charge on any atom is 0.162 e. The summed E-state index contributed by atoms with van der Waals surface area (Å²) in [6.07, 6.45) is 1.69. The SMILES string of the molecule is CCOc1cccc(C2C=C(c3ccc(OC)cc3)NC(c3ccc(F)c(Br)c3)N2)c1O. The molecule has 1 aliphatic heterocycles. The van der Waals surface area contributed by atoms with Gasteiger partial charge in [0.2, 0.25) is 0 Å². The van der Waals surface area contributed by atoms with Gasteiger partial charge < -0.3 is 19.9 Å². The van der Waals surface area contributed by atoms with Gasteiger partial charge in [-0.25, -0.2) is 4.39 Å². The zero-order valence-electron chi connectivity index (χ0n) is 17.7. The molecular weight excluding hydrogens is 475 g/mol. The number of halogens is 2. The van der Waals surface area contributed by atoms with E-state index in [2.05, 4.69) is 26.6 Å². The Hall–Kier alpha value is -3.03. The molecule has 3 aromatic carbocycles. The number of benzene rings is 3. The van der Waals surface area contributed by atoms with Crippen molar-refractivity contribution in [3.8, 4) is 17.2 Å². The van der Waals surface area contributed by atoms with Gasteiger partial charge >= 0.3 is 0 Å². The molecule has 0 spiro atoms. The van der Waals surface area contributed by atoms with Gasteiger partial charge in [0.25, 0.3) is 0 Å². The second kappa shape index (κ2) is 9.63. The Balaban J connectivity index is 1.76. The molecular formula is C25H24BrFN2O3. The van der Waals surface area contributed by atoms with Crippen LogP contribution in [0.5, 0.6) is 17.2 Å². The van der Waals surface area contributed by atoms with Crippen molar-refractivity contribution in [2.75, 3.05) is 13.7 Å². The molecule has 2 unspecified atom stereocenters. The number of hydrogen-bond acceptors (Lipinski definition) is 5. The van der Waals surface area contributed by atoms with Gasteiger partial charge in [0.1, 0.15) is 17.7 Å². The van der Waals surface area contributed by atoms with E-state index in [0.717, 1.165) is 22.6 Å². The lowest BCUT2D eigenvalue weighted by Crippen LogP contribution is -2.39. The van der Waals surface area contributed by atoms with Crippen LogP contribution in [-0.4, -0.2) is 18.8 Å². The van der Waals surface area contributed by atoms with Crippen molar-refractivity contribution >= 4 is 21.6 Å². The molecule has 4 rings (SSSR count). The van der Waals surface area contributed by atoms with Crippen molar-refractivity contribution in [2.24, 2.45) is 0 Å². The van der Waals surface area contributed by atoms with Crippen molar-refractivity contribution < 1.29 is 19.0 Å². The highest BCUT2D eigenvalue weighted by atomic mass is 79.9. The Morgan fingerprint density at radius 2 is 1.88 bits per heavy atom. The molecule has 3 N–H and O–H groups in total. The number of rotatable bonds is 6. The normalized spacial score (nSPS) is 17.9. The lowest BCUT2D eigenvalue weighted by atomic mass is 9.97. The Kier molecular flexibility index (Phi) is 6.67. The van der Waals surface area contributed by atoms with E-state index in [1.54, 1.807) is 25.3 Å². The van der Waals surface area contributed by atoms with Crippen molar-refractivity contribution in [3.05, 3.63) is 93.7 Å². The average Bonchev–Trinajstić information content (AvgIpc) is 2.82. The zero-order chi connectivity index (χ0) is 22.7. The molecule has 0 fully saturated rings. The minimum absolute atomic E-state index is 0.0955. The van der Waals surface area contributed by atoms with Crippen LogP contribution in [0.25, 0.3) is 5.70 Å². The van der Waals surface area contributed by atoms with Crippen LogP contribution >= 0.6 is 15.9 Å². The predicted octanol–water partition coefficient (Wildman–Crippen LogP) is 5.67. The van der Waals surface area contributed by atoms with E-state index in [1.165, 1.54) is 6.07 Å². The average molecular weight is 499 g/mol. The monoisotopic (exact) mass is 498 g/mol. The fourth-order valence-electron chi connectivity index (χ4n) is 3.70. The Labute approximate surface area is 195 Å². The number of nitrogens with one attached hydrogen (secondary N) is 2. The van der Waals surface area contributed by atoms with E-state index in [-0.39, 0.29) is 23.8 Å². The van der Waals surface area contributed by atoms with Gasteiger partial charge in [-0.1, -0.05) is 18.2 Å². The summed E-state index contributed by atoms with van der Waals surface area (Å²) in [5.41, 5.74) is 3.38. The van der Waals surface area contributed by atoms with E-state index in [9.17, 15) is 9.50 Å². The molecule has 1 heterocycles. The van der Waals surface area contributed by atoms with Crippen molar-refractivity contribution in [3.63, 3.8) is 0 Å². The topological polar surface area (TPSA) is 62.8 Å². The van der Waals surface area contributed by atoms with E-state index < -0.39 is 0 Å². The number of hydrogen-bond donors (Lipinski definition) is 3. The minimum Gasteiger partial charge on any atom is -0.504 e. The maximum atomic E-state index is 13.8. The van der Waals surface area contributed by atoms with Gasteiger partial charge in [-0.05, 0) is 82.5 Å². The number of phenolic OH excluding ortho intramolecular Hbond substituents is 1.